The predicted molar refractivity (Wildman–Crippen MR) is 76.8 cm³/mol. The lowest BCUT2D eigenvalue weighted by Crippen LogP contribution is -2.53. The first-order chi connectivity index (χ1) is 8.72. The van der Waals surface area contributed by atoms with Crippen molar-refractivity contribution in [1.29, 1.82) is 0 Å². The zero-order valence-corrected chi connectivity index (χ0v) is 11.7. The molecule has 1 heterocycles. The summed E-state index contributed by atoms with van der Waals surface area (Å²) in [7, 11) is 0. The van der Waals surface area contributed by atoms with Gasteiger partial charge in [0.25, 0.3) is 0 Å². The monoisotopic (exact) mass is 260 g/mol. The van der Waals surface area contributed by atoms with Crippen LogP contribution < -0.4 is 11.1 Å². The highest BCUT2D eigenvalue weighted by molar-refractivity contribution is 5.95. The molecular weight excluding hydrogens is 240 g/mol. The lowest BCUT2D eigenvalue weighted by atomic mass is 9.74. The maximum absolute atomic E-state index is 12.3. The van der Waals surface area contributed by atoms with E-state index in [2.05, 4.69) is 15.3 Å². The summed E-state index contributed by atoms with van der Waals surface area (Å²) in [4.78, 5) is 19.7. The smallest absolute Gasteiger partial charge is 0.234 e. The van der Waals surface area contributed by atoms with Crippen LogP contribution in [0.15, 0.2) is 24.3 Å². The molecular formula is C14H20N4O. The van der Waals surface area contributed by atoms with Gasteiger partial charge in [-0.1, -0.05) is 12.1 Å². The standard InChI is InChI=1S/C14H20N4O/c1-13(2,14(3,4)15)11(19)18-12-16-9-7-5-6-8-10(9)17-12/h5-8H,15H2,1-4H3,(H2,16,17,18,19). The number of hydrogen-bond donors (Lipinski definition) is 3. The van der Waals surface area contributed by atoms with E-state index in [9.17, 15) is 4.79 Å². The van der Waals surface area contributed by atoms with E-state index < -0.39 is 11.0 Å². The van der Waals surface area contributed by atoms with Gasteiger partial charge in [-0.25, -0.2) is 4.98 Å². The Balaban J connectivity index is 2.24. The minimum atomic E-state index is -0.702. The van der Waals surface area contributed by atoms with E-state index in [0.29, 0.717) is 5.95 Å². The fourth-order valence-corrected chi connectivity index (χ4v) is 1.57. The molecule has 0 fully saturated rings. The molecule has 0 unspecified atom stereocenters. The number of rotatable bonds is 3. The Hall–Kier alpha value is -1.88. The van der Waals surface area contributed by atoms with Gasteiger partial charge < -0.3 is 10.7 Å². The average molecular weight is 260 g/mol. The highest BCUT2D eigenvalue weighted by Gasteiger charge is 2.40. The van der Waals surface area contributed by atoms with Crippen LogP contribution in [0.3, 0.4) is 0 Å². The Kier molecular flexibility index (Phi) is 3.10. The summed E-state index contributed by atoms with van der Waals surface area (Å²) in [6.07, 6.45) is 0. The molecule has 0 radical (unpaired) electrons. The first kappa shape index (κ1) is 13.5. The largest absolute Gasteiger partial charge is 0.325 e. The zero-order valence-electron chi connectivity index (χ0n) is 11.7. The number of anilines is 1. The maximum Gasteiger partial charge on any atom is 0.234 e. The van der Waals surface area contributed by atoms with Crippen LogP contribution in [0.25, 0.3) is 11.0 Å². The molecule has 0 spiro atoms. The number of H-pyrrole nitrogens is 1. The van der Waals surface area contributed by atoms with Gasteiger partial charge in [0.15, 0.2) is 0 Å². The lowest BCUT2D eigenvalue weighted by Gasteiger charge is -2.36. The second-order valence-corrected chi connectivity index (χ2v) is 5.90. The van der Waals surface area contributed by atoms with Gasteiger partial charge in [-0.2, -0.15) is 0 Å². The van der Waals surface area contributed by atoms with Crippen LogP contribution in [0, 0.1) is 5.41 Å². The van der Waals surface area contributed by atoms with Gasteiger partial charge in [-0.3, -0.25) is 10.1 Å². The molecule has 0 aliphatic carbocycles. The zero-order chi connectivity index (χ0) is 14.3. The highest BCUT2D eigenvalue weighted by Crippen LogP contribution is 2.29. The van der Waals surface area contributed by atoms with Crippen LogP contribution in [0.5, 0.6) is 0 Å². The number of hydrogen-bond acceptors (Lipinski definition) is 3. The van der Waals surface area contributed by atoms with Crippen LogP contribution in [0.2, 0.25) is 0 Å². The molecule has 1 amide bonds. The van der Waals surface area contributed by atoms with Crippen molar-refractivity contribution >= 4 is 22.9 Å². The van der Waals surface area contributed by atoms with E-state index in [0.717, 1.165) is 11.0 Å². The van der Waals surface area contributed by atoms with Crippen LogP contribution in [-0.4, -0.2) is 21.4 Å². The number of imidazole rings is 1. The molecule has 0 atom stereocenters. The molecule has 5 nitrogen and oxygen atoms in total. The maximum atomic E-state index is 12.3. The quantitative estimate of drug-likeness (QED) is 0.791. The topological polar surface area (TPSA) is 83.8 Å². The number of para-hydroxylation sites is 2. The SMILES string of the molecule is CC(C)(N)C(C)(C)C(=O)Nc1nc2ccccc2[nH]1. The normalized spacial score (nSPS) is 12.7. The summed E-state index contributed by atoms with van der Waals surface area (Å²) < 4.78 is 0. The van der Waals surface area contributed by atoms with Crippen LogP contribution in [-0.2, 0) is 4.79 Å². The third-order valence-corrected chi connectivity index (χ3v) is 3.80. The molecule has 0 aliphatic heterocycles. The number of carbonyl (C=O) groups excluding carboxylic acids is 1. The molecule has 4 N–H and O–H groups in total. The van der Waals surface area contributed by atoms with E-state index >= 15 is 0 Å². The van der Waals surface area contributed by atoms with E-state index in [1.54, 1.807) is 0 Å². The number of nitrogens with one attached hydrogen (secondary N) is 2. The van der Waals surface area contributed by atoms with Crippen LogP contribution in [0.4, 0.5) is 5.95 Å². The molecule has 102 valence electrons. The fraction of sp³-hybridized carbons (Fsp3) is 0.429. The summed E-state index contributed by atoms with van der Waals surface area (Å²) in [6.45, 7) is 7.33. The molecule has 0 aliphatic rings. The Labute approximate surface area is 112 Å². The number of nitrogens with zero attached hydrogens (tertiary/aromatic N) is 1. The summed E-state index contributed by atoms with van der Waals surface area (Å²) in [5, 5.41) is 2.79. The molecule has 2 aromatic rings. The fourth-order valence-electron chi connectivity index (χ4n) is 1.57. The van der Waals surface area contributed by atoms with E-state index in [1.165, 1.54) is 0 Å². The van der Waals surface area contributed by atoms with Gasteiger partial charge >= 0.3 is 0 Å². The second-order valence-electron chi connectivity index (χ2n) is 5.90. The number of aromatic amines is 1. The van der Waals surface area contributed by atoms with Crippen molar-refractivity contribution in [3.05, 3.63) is 24.3 Å². The first-order valence-corrected chi connectivity index (χ1v) is 6.27. The van der Waals surface area contributed by atoms with Crippen molar-refractivity contribution in [2.45, 2.75) is 33.2 Å². The van der Waals surface area contributed by atoms with Gasteiger partial charge in [0.05, 0.1) is 16.4 Å². The van der Waals surface area contributed by atoms with Crippen molar-refractivity contribution in [2.75, 3.05) is 5.32 Å². The third kappa shape index (κ3) is 2.46. The molecule has 0 saturated heterocycles. The van der Waals surface area contributed by atoms with Crippen molar-refractivity contribution < 1.29 is 4.79 Å². The van der Waals surface area contributed by atoms with E-state index in [-0.39, 0.29) is 5.91 Å². The molecule has 0 saturated carbocycles. The Bertz CT molecular complexity index is 574. The summed E-state index contributed by atoms with van der Waals surface area (Å²) >= 11 is 0. The molecule has 1 aromatic carbocycles. The van der Waals surface area contributed by atoms with E-state index in [4.69, 9.17) is 5.73 Å². The first-order valence-electron chi connectivity index (χ1n) is 6.27. The van der Waals surface area contributed by atoms with Crippen molar-refractivity contribution in [3.63, 3.8) is 0 Å². The summed E-state index contributed by atoms with van der Waals surface area (Å²) in [6, 6.07) is 7.62. The Morgan fingerprint density at radius 2 is 1.89 bits per heavy atom. The number of carbonyl (C=O) groups is 1. The molecule has 2 rings (SSSR count). The number of amides is 1. The van der Waals surface area contributed by atoms with Crippen molar-refractivity contribution in [3.8, 4) is 0 Å². The number of fused-ring (bicyclic) bond motifs is 1. The van der Waals surface area contributed by atoms with Gasteiger partial charge in [-0.05, 0) is 39.8 Å². The number of benzene rings is 1. The molecule has 5 heteroatoms. The van der Waals surface area contributed by atoms with Gasteiger partial charge in [0.2, 0.25) is 11.9 Å². The van der Waals surface area contributed by atoms with Crippen molar-refractivity contribution in [2.24, 2.45) is 11.1 Å². The number of nitrogens with two attached hydrogens (primary N) is 1. The minimum Gasteiger partial charge on any atom is -0.325 e. The van der Waals surface area contributed by atoms with Crippen LogP contribution in [0.1, 0.15) is 27.7 Å². The van der Waals surface area contributed by atoms with Crippen LogP contribution >= 0.6 is 0 Å². The summed E-state index contributed by atoms with van der Waals surface area (Å²) in [5.41, 5.74) is 6.44. The minimum absolute atomic E-state index is 0.154. The van der Waals surface area contributed by atoms with Crippen molar-refractivity contribution in [1.82, 2.24) is 9.97 Å². The second kappa shape index (κ2) is 4.35. The third-order valence-electron chi connectivity index (χ3n) is 3.80. The Morgan fingerprint density at radius 1 is 1.26 bits per heavy atom. The molecule has 19 heavy (non-hydrogen) atoms. The van der Waals surface area contributed by atoms with Gasteiger partial charge in [-0.15, -0.1) is 0 Å². The number of aromatic nitrogens is 2. The highest BCUT2D eigenvalue weighted by atomic mass is 16.2. The average Bonchev–Trinajstić information content (AvgIpc) is 2.69. The van der Waals surface area contributed by atoms with Gasteiger partial charge in [0, 0.05) is 5.54 Å². The Morgan fingerprint density at radius 3 is 2.47 bits per heavy atom. The predicted octanol–water partition coefficient (Wildman–Crippen LogP) is 2.26. The van der Waals surface area contributed by atoms with E-state index in [1.807, 2.05) is 52.0 Å². The summed E-state index contributed by atoms with van der Waals surface area (Å²) in [5.74, 6) is 0.294. The molecule has 1 aromatic heterocycles. The van der Waals surface area contributed by atoms with Gasteiger partial charge in [0.1, 0.15) is 0 Å². The molecule has 0 bridgehead atoms. The lowest BCUT2D eigenvalue weighted by molar-refractivity contribution is -0.126.